The number of aliphatic hydroxyl groups is 2. The van der Waals surface area contributed by atoms with Crippen molar-refractivity contribution in [1.29, 1.82) is 0 Å². The fourth-order valence-corrected chi connectivity index (χ4v) is 3.34. The molecule has 16 heteroatoms. The van der Waals surface area contributed by atoms with E-state index in [0.717, 1.165) is 0 Å². The zero-order valence-electron chi connectivity index (χ0n) is 22.0. The molecule has 0 radical (unpaired) electrons. The van der Waals surface area contributed by atoms with Gasteiger partial charge in [-0.25, -0.2) is 0 Å². The van der Waals surface area contributed by atoms with E-state index in [9.17, 15) is 14.7 Å². The highest BCUT2D eigenvalue weighted by Crippen LogP contribution is 1.99. The number of hydrogen-bond acceptors (Lipinski definition) is 16. The SMILES string of the molecule is CCOCCN(CCOCO)CCN(CCN(CCOCN=O)CCN(CCOCO)CN=O)CN=O. The summed E-state index contributed by atoms with van der Waals surface area (Å²) in [5, 5.41) is 26.3. The van der Waals surface area contributed by atoms with Crippen LogP contribution < -0.4 is 0 Å². The van der Waals surface area contributed by atoms with E-state index in [1.165, 1.54) is 0 Å². The van der Waals surface area contributed by atoms with Crippen LogP contribution in [0.2, 0.25) is 0 Å². The summed E-state index contributed by atoms with van der Waals surface area (Å²) in [5.74, 6) is 0. The number of nitroso groups, excluding NO2 is 3. The first-order valence-electron chi connectivity index (χ1n) is 12.4. The van der Waals surface area contributed by atoms with Crippen molar-refractivity contribution in [2.75, 3.05) is 132 Å². The molecule has 0 atom stereocenters. The molecule has 0 fully saturated rings. The Labute approximate surface area is 218 Å². The van der Waals surface area contributed by atoms with E-state index in [4.69, 9.17) is 29.2 Å². The van der Waals surface area contributed by atoms with Gasteiger partial charge in [-0.1, -0.05) is 10.4 Å². The predicted octanol–water partition coefficient (Wildman–Crippen LogP) is -0.648. The number of nitrogens with zero attached hydrogens (tertiary/aromatic N) is 7. The molecular formula is C21H45N7O9. The first-order valence-corrected chi connectivity index (χ1v) is 12.4. The largest absolute Gasteiger partial charge is 0.380 e. The average molecular weight is 540 g/mol. The normalized spacial score (nSPS) is 11.8. The van der Waals surface area contributed by atoms with Crippen LogP contribution in [0.15, 0.2) is 15.5 Å². The van der Waals surface area contributed by atoms with E-state index in [2.05, 4.69) is 25.3 Å². The summed E-state index contributed by atoms with van der Waals surface area (Å²) in [6, 6.07) is 0. The minimum Gasteiger partial charge on any atom is -0.380 e. The smallest absolute Gasteiger partial charge is 0.179 e. The van der Waals surface area contributed by atoms with Crippen LogP contribution in [0.5, 0.6) is 0 Å². The van der Waals surface area contributed by atoms with Gasteiger partial charge in [0, 0.05) is 72.1 Å². The van der Waals surface area contributed by atoms with Crippen LogP contribution in [-0.4, -0.2) is 162 Å². The minimum absolute atomic E-state index is 0.00699. The standard InChI is InChI=1S/C21H45N7O9/c1-2-34-13-9-26(11-15-36-20-29)5-7-27(17-22-31)6-3-25(10-14-35-19-24-33)4-8-28(18-23-32)12-16-37-21-30/h29-30H,2-21H2,1H3. The Morgan fingerprint density at radius 1 is 0.514 bits per heavy atom. The fraction of sp³-hybridized carbons (Fsp3) is 1.00. The third-order valence-electron chi connectivity index (χ3n) is 5.45. The lowest BCUT2D eigenvalue weighted by molar-refractivity contribution is -0.0131. The molecule has 0 spiro atoms. The van der Waals surface area contributed by atoms with Gasteiger partial charge in [0.25, 0.3) is 0 Å². The molecule has 0 amide bonds. The zero-order valence-corrected chi connectivity index (χ0v) is 22.0. The van der Waals surface area contributed by atoms with Gasteiger partial charge in [-0.3, -0.25) is 19.6 Å². The molecule has 0 rings (SSSR count). The van der Waals surface area contributed by atoms with Gasteiger partial charge in [0.2, 0.25) is 0 Å². The van der Waals surface area contributed by atoms with Crippen molar-refractivity contribution in [3.8, 4) is 0 Å². The third kappa shape index (κ3) is 22.1. The Hall–Kier alpha value is -1.60. The molecule has 0 aliphatic heterocycles. The van der Waals surface area contributed by atoms with E-state index in [0.29, 0.717) is 91.9 Å². The van der Waals surface area contributed by atoms with Crippen molar-refractivity contribution in [1.82, 2.24) is 19.6 Å². The molecule has 0 heterocycles. The topological polar surface area (TPSA) is 179 Å². The van der Waals surface area contributed by atoms with Crippen LogP contribution in [0.4, 0.5) is 0 Å². The van der Waals surface area contributed by atoms with Crippen molar-refractivity contribution in [3.63, 3.8) is 0 Å². The van der Waals surface area contributed by atoms with Gasteiger partial charge >= 0.3 is 0 Å². The van der Waals surface area contributed by atoms with Crippen LogP contribution in [0.3, 0.4) is 0 Å². The van der Waals surface area contributed by atoms with Crippen LogP contribution in [-0.2, 0) is 18.9 Å². The maximum atomic E-state index is 11.1. The summed E-state index contributed by atoms with van der Waals surface area (Å²) in [5.41, 5.74) is 0. The van der Waals surface area contributed by atoms with E-state index in [-0.39, 0.29) is 33.5 Å². The minimum atomic E-state index is -0.394. The van der Waals surface area contributed by atoms with Crippen molar-refractivity contribution in [2.24, 2.45) is 15.5 Å². The molecule has 16 nitrogen and oxygen atoms in total. The van der Waals surface area contributed by atoms with Gasteiger partial charge in [-0.2, -0.15) is 0 Å². The van der Waals surface area contributed by atoms with Gasteiger partial charge in [0.05, 0.1) is 26.4 Å². The second kappa shape index (κ2) is 27.4. The Morgan fingerprint density at radius 2 is 0.892 bits per heavy atom. The highest BCUT2D eigenvalue weighted by Gasteiger charge is 2.14. The van der Waals surface area contributed by atoms with Crippen LogP contribution in [0.25, 0.3) is 0 Å². The molecule has 0 aromatic carbocycles. The Morgan fingerprint density at radius 3 is 1.32 bits per heavy atom. The molecule has 0 unspecified atom stereocenters. The maximum absolute atomic E-state index is 11.1. The summed E-state index contributed by atoms with van der Waals surface area (Å²) in [6.07, 6.45) is 0. The molecule has 2 N–H and O–H groups in total. The van der Waals surface area contributed by atoms with E-state index >= 15 is 0 Å². The summed E-state index contributed by atoms with van der Waals surface area (Å²) in [7, 11) is 0. The highest BCUT2D eigenvalue weighted by atomic mass is 16.6. The van der Waals surface area contributed by atoms with E-state index in [1.807, 2.05) is 11.8 Å². The summed E-state index contributed by atoms with van der Waals surface area (Å²) < 4.78 is 20.6. The maximum Gasteiger partial charge on any atom is 0.179 e. The summed E-state index contributed by atoms with van der Waals surface area (Å²) >= 11 is 0. The van der Waals surface area contributed by atoms with Gasteiger partial charge in [-0.15, -0.1) is 14.7 Å². The quantitative estimate of drug-likeness (QED) is 0.0669. The first kappa shape index (κ1) is 35.4. The Bertz CT molecular complexity index is 531. The molecule has 0 aromatic heterocycles. The van der Waals surface area contributed by atoms with Crippen LogP contribution in [0.1, 0.15) is 6.92 Å². The second-order valence-electron chi connectivity index (χ2n) is 7.90. The lowest BCUT2D eigenvalue weighted by Gasteiger charge is -2.30. The fourth-order valence-electron chi connectivity index (χ4n) is 3.34. The van der Waals surface area contributed by atoms with Crippen molar-refractivity contribution < 1.29 is 29.2 Å². The lowest BCUT2D eigenvalue weighted by atomic mass is 10.3. The molecule has 0 aliphatic rings. The molecule has 37 heavy (non-hydrogen) atoms. The third-order valence-corrected chi connectivity index (χ3v) is 5.45. The van der Waals surface area contributed by atoms with Crippen LogP contribution in [0, 0.1) is 14.7 Å². The molecule has 0 aromatic rings. The number of aliphatic hydroxyl groups excluding tert-OH is 2. The number of rotatable bonds is 30. The van der Waals surface area contributed by atoms with Crippen LogP contribution >= 0.6 is 0 Å². The number of ether oxygens (including phenoxy) is 4. The van der Waals surface area contributed by atoms with Crippen molar-refractivity contribution in [3.05, 3.63) is 14.7 Å². The van der Waals surface area contributed by atoms with Gasteiger partial charge in [0.15, 0.2) is 6.73 Å². The number of hydrogen-bond donors (Lipinski definition) is 2. The summed E-state index contributed by atoms with van der Waals surface area (Å²) in [6.45, 7) is 8.91. The van der Waals surface area contributed by atoms with Gasteiger partial charge in [0.1, 0.15) is 26.9 Å². The summed E-state index contributed by atoms with van der Waals surface area (Å²) in [4.78, 5) is 40.1. The molecule has 0 saturated carbocycles. The molecule has 218 valence electrons. The second-order valence-corrected chi connectivity index (χ2v) is 7.90. The van der Waals surface area contributed by atoms with E-state index in [1.54, 1.807) is 4.90 Å². The highest BCUT2D eigenvalue weighted by molar-refractivity contribution is 4.68. The monoisotopic (exact) mass is 539 g/mol. The van der Waals surface area contributed by atoms with Crippen molar-refractivity contribution >= 4 is 0 Å². The van der Waals surface area contributed by atoms with Gasteiger partial charge < -0.3 is 29.2 Å². The zero-order chi connectivity index (χ0) is 27.4. The molecule has 0 aliphatic carbocycles. The molecule has 0 saturated heterocycles. The molecular weight excluding hydrogens is 494 g/mol. The Balaban J connectivity index is 4.91. The van der Waals surface area contributed by atoms with Crippen molar-refractivity contribution in [2.45, 2.75) is 6.92 Å². The molecule has 0 bridgehead atoms. The average Bonchev–Trinajstić information content (AvgIpc) is 2.90. The Kier molecular flexibility index (Phi) is 26.2. The van der Waals surface area contributed by atoms with Gasteiger partial charge in [-0.05, 0) is 12.1 Å². The first-order chi connectivity index (χ1) is 18.1. The van der Waals surface area contributed by atoms with E-state index < -0.39 is 6.79 Å². The lowest BCUT2D eigenvalue weighted by Crippen LogP contribution is -2.44. The predicted molar refractivity (Wildman–Crippen MR) is 137 cm³/mol.